The zero-order chi connectivity index (χ0) is 35.9. The summed E-state index contributed by atoms with van der Waals surface area (Å²) in [5.74, 6) is 0. The molecule has 7 heteroatoms. The van der Waals surface area contributed by atoms with Crippen molar-refractivity contribution in [3.8, 4) is 11.1 Å². The third-order valence-corrected chi connectivity index (χ3v) is 11.6. The third kappa shape index (κ3) is 8.78. The van der Waals surface area contributed by atoms with Crippen LogP contribution in [0, 0.1) is 20.8 Å². The Labute approximate surface area is 314 Å². The molecule has 51 heavy (non-hydrogen) atoms. The molecule has 1 atom stereocenters. The smallest absolute Gasteiger partial charge is 0.0562 e. The molecule has 2 aliphatic rings. The lowest BCUT2D eigenvalue weighted by Gasteiger charge is -2.38. The molecule has 0 bridgehead atoms. The Hall–Kier alpha value is -4.30. The Balaban J connectivity index is 1.03. The van der Waals surface area contributed by atoms with Crippen LogP contribution in [0.2, 0.25) is 0 Å². The normalized spacial score (nSPS) is 16.2. The van der Waals surface area contributed by atoms with E-state index in [0.29, 0.717) is 6.04 Å². The number of nitrogens with one attached hydrogen (secondary N) is 2. The number of allylic oxidation sites excluding steroid dienone is 6. The highest BCUT2D eigenvalue weighted by atomic mass is 32.2. The molecule has 1 aromatic heterocycles. The first kappa shape index (κ1) is 36.5. The van der Waals surface area contributed by atoms with Crippen LogP contribution in [0.15, 0.2) is 137 Å². The van der Waals surface area contributed by atoms with Gasteiger partial charge in [0, 0.05) is 77.4 Å². The quantitative estimate of drug-likeness (QED) is 0.112. The van der Waals surface area contributed by atoms with Crippen LogP contribution in [0.1, 0.15) is 42.8 Å². The van der Waals surface area contributed by atoms with E-state index in [0.717, 1.165) is 43.9 Å². The summed E-state index contributed by atoms with van der Waals surface area (Å²) < 4.78 is 9.47. The summed E-state index contributed by atoms with van der Waals surface area (Å²) in [6.07, 6.45) is 14.4. The molecule has 1 saturated heterocycles. The zero-order valence-electron chi connectivity index (χ0n) is 30.9. The van der Waals surface area contributed by atoms with Gasteiger partial charge in [-0.1, -0.05) is 72.9 Å². The first-order chi connectivity index (χ1) is 24.7. The van der Waals surface area contributed by atoms with Crippen LogP contribution < -0.4 is 14.3 Å². The minimum atomic E-state index is 0.308. The van der Waals surface area contributed by atoms with Crippen molar-refractivity contribution >= 4 is 40.8 Å². The second-order valence-corrected chi connectivity index (χ2v) is 15.4. The van der Waals surface area contributed by atoms with Crippen molar-refractivity contribution < 1.29 is 0 Å². The largest absolute Gasteiger partial charge is 0.368 e. The van der Waals surface area contributed by atoms with Crippen molar-refractivity contribution in [2.75, 3.05) is 35.8 Å². The second kappa shape index (κ2) is 16.8. The van der Waals surface area contributed by atoms with Gasteiger partial charge < -0.3 is 19.1 Å². The lowest BCUT2D eigenvalue weighted by Crippen LogP contribution is -2.46. The summed E-state index contributed by atoms with van der Waals surface area (Å²) in [5, 5.41) is 0. The number of nitrogens with zero attached hydrogens (tertiary/aromatic N) is 3. The van der Waals surface area contributed by atoms with Crippen LogP contribution in [-0.4, -0.2) is 41.7 Å². The van der Waals surface area contributed by atoms with Crippen LogP contribution >= 0.6 is 23.9 Å². The number of hydrogen-bond donors (Lipinski definition) is 2. The predicted octanol–water partition coefficient (Wildman–Crippen LogP) is 10.9. The Morgan fingerprint density at radius 1 is 0.843 bits per heavy atom. The fourth-order valence-corrected chi connectivity index (χ4v) is 8.29. The lowest BCUT2D eigenvalue weighted by molar-refractivity contribution is 0.327. The Bertz CT molecular complexity index is 1970. The van der Waals surface area contributed by atoms with E-state index in [2.05, 4.69) is 169 Å². The predicted molar refractivity (Wildman–Crippen MR) is 223 cm³/mol. The number of piperazine rings is 1. The number of anilines is 2. The van der Waals surface area contributed by atoms with Gasteiger partial charge >= 0.3 is 0 Å². The van der Waals surface area contributed by atoms with Crippen LogP contribution in [0.5, 0.6) is 0 Å². The van der Waals surface area contributed by atoms with Crippen molar-refractivity contribution in [2.45, 2.75) is 56.9 Å². The molecule has 0 amide bonds. The fraction of sp³-hybridized carbons (Fsp3) is 0.273. The summed E-state index contributed by atoms with van der Waals surface area (Å²) in [5.41, 5.74) is 13.8. The summed E-state index contributed by atoms with van der Waals surface area (Å²) >= 11 is 3.36. The van der Waals surface area contributed by atoms with Crippen molar-refractivity contribution in [3.63, 3.8) is 0 Å². The van der Waals surface area contributed by atoms with Crippen LogP contribution in [0.3, 0.4) is 0 Å². The molecule has 1 aliphatic carbocycles. The van der Waals surface area contributed by atoms with Gasteiger partial charge in [0.25, 0.3) is 0 Å². The van der Waals surface area contributed by atoms with E-state index in [-0.39, 0.29) is 0 Å². The van der Waals surface area contributed by atoms with Crippen LogP contribution in [0.4, 0.5) is 11.4 Å². The first-order valence-corrected chi connectivity index (χ1v) is 19.5. The molecular formula is C44H51N5S2. The maximum Gasteiger partial charge on any atom is 0.0562 e. The van der Waals surface area contributed by atoms with Crippen molar-refractivity contribution in [1.82, 2.24) is 14.2 Å². The Morgan fingerprint density at radius 2 is 1.61 bits per heavy atom. The number of benzene rings is 3. The van der Waals surface area contributed by atoms with Crippen molar-refractivity contribution in [2.24, 2.45) is 7.05 Å². The average Bonchev–Trinajstić information content (AvgIpc) is 3.38. The SMILES string of the molecule is C=C/C(=C\C=C(C)C)c1c(-c2cccc(N3CCN(C4=CCC(NSc5ccc(NSc6ccccc6)c(C)c5)C=C4)CC3)c2)c(C)c(C)n1C. The minimum absolute atomic E-state index is 0.308. The monoisotopic (exact) mass is 713 g/mol. The minimum Gasteiger partial charge on any atom is -0.368 e. The lowest BCUT2D eigenvalue weighted by atomic mass is 9.96. The maximum atomic E-state index is 4.17. The van der Waals surface area contributed by atoms with Gasteiger partial charge in [-0.05, 0) is 136 Å². The molecule has 1 fully saturated rings. The van der Waals surface area contributed by atoms with Gasteiger partial charge in [0.15, 0.2) is 0 Å². The van der Waals surface area contributed by atoms with Gasteiger partial charge in [-0.25, -0.2) is 0 Å². The van der Waals surface area contributed by atoms with Gasteiger partial charge in [0.1, 0.15) is 0 Å². The number of aromatic nitrogens is 1. The topological polar surface area (TPSA) is 35.5 Å². The molecule has 1 aliphatic heterocycles. The van der Waals surface area contributed by atoms with E-state index in [1.807, 2.05) is 12.1 Å². The first-order valence-electron chi connectivity index (χ1n) is 17.8. The van der Waals surface area contributed by atoms with Gasteiger partial charge in [0.2, 0.25) is 0 Å². The van der Waals surface area contributed by atoms with E-state index in [1.54, 1.807) is 23.9 Å². The zero-order valence-corrected chi connectivity index (χ0v) is 32.5. The van der Waals surface area contributed by atoms with Gasteiger partial charge in [-0.2, -0.15) is 0 Å². The van der Waals surface area contributed by atoms with Gasteiger partial charge in [-0.15, -0.1) is 0 Å². The van der Waals surface area contributed by atoms with Crippen molar-refractivity contribution in [1.29, 1.82) is 0 Å². The van der Waals surface area contributed by atoms with Gasteiger partial charge in [0.05, 0.1) is 5.69 Å². The molecule has 6 rings (SSSR count). The summed E-state index contributed by atoms with van der Waals surface area (Å²) in [6.45, 7) is 19.1. The molecule has 264 valence electrons. The summed E-state index contributed by atoms with van der Waals surface area (Å²) in [4.78, 5) is 7.50. The molecule has 0 radical (unpaired) electrons. The van der Waals surface area contributed by atoms with E-state index < -0.39 is 0 Å². The molecule has 0 spiro atoms. The van der Waals surface area contributed by atoms with E-state index in [4.69, 9.17) is 0 Å². The Morgan fingerprint density at radius 3 is 2.29 bits per heavy atom. The molecule has 0 saturated carbocycles. The molecule has 4 aromatic rings. The molecule has 3 aromatic carbocycles. The average molecular weight is 714 g/mol. The fourth-order valence-electron chi connectivity index (χ4n) is 6.71. The highest BCUT2D eigenvalue weighted by Crippen LogP contribution is 2.38. The molecule has 2 heterocycles. The van der Waals surface area contributed by atoms with E-state index >= 15 is 0 Å². The number of aryl methyl sites for hydroxylation is 1. The Kier molecular flexibility index (Phi) is 12.0. The number of rotatable bonds is 12. The highest BCUT2D eigenvalue weighted by molar-refractivity contribution is 8.00. The standard InChI is InChI=1S/C44H51N5S2/c1-8-35(18-17-31(2)3)44-43(33(5)34(6)47(44)7)36-13-12-14-39(30-36)49-27-25-48(26-28-49)38-21-19-37(20-22-38)45-51-41-23-24-42(32(4)29-41)46-50-40-15-10-9-11-16-40/h8-19,21-24,29-30,37,45-46H,1,20,25-28H2,2-7H3/b35-18+. The van der Waals surface area contributed by atoms with E-state index in [9.17, 15) is 0 Å². The molecular weight excluding hydrogens is 663 g/mol. The number of hydrogen-bond acceptors (Lipinski definition) is 6. The summed E-state index contributed by atoms with van der Waals surface area (Å²) in [6, 6.07) is 26.4. The molecule has 5 nitrogen and oxygen atoms in total. The van der Waals surface area contributed by atoms with Crippen LogP contribution in [-0.2, 0) is 7.05 Å². The second-order valence-electron chi connectivity index (χ2n) is 13.6. The highest BCUT2D eigenvalue weighted by Gasteiger charge is 2.23. The van der Waals surface area contributed by atoms with Crippen LogP contribution in [0.25, 0.3) is 16.7 Å². The molecule has 2 N–H and O–H groups in total. The summed E-state index contributed by atoms with van der Waals surface area (Å²) in [7, 11) is 2.17. The molecule has 1 unspecified atom stereocenters. The van der Waals surface area contributed by atoms with E-state index in [1.165, 1.54) is 60.4 Å². The van der Waals surface area contributed by atoms with Crippen molar-refractivity contribution in [3.05, 3.63) is 150 Å². The maximum absolute atomic E-state index is 4.17. The van der Waals surface area contributed by atoms with Gasteiger partial charge in [-0.3, -0.25) is 4.72 Å². The third-order valence-electron chi connectivity index (χ3n) is 9.86.